The van der Waals surface area contributed by atoms with Crippen LogP contribution in [-0.4, -0.2) is 75.0 Å². The molecule has 2 saturated heterocycles. The Balaban J connectivity index is 1.52. The van der Waals surface area contributed by atoms with Gasteiger partial charge in [0.05, 0.1) is 12.6 Å². The number of nitrogens with zero attached hydrogens (tertiary/aromatic N) is 4. The monoisotopic (exact) mass is 403 g/mol. The largest absolute Gasteiger partial charge is 0.385 e. The molecule has 2 aliphatic rings. The van der Waals surface area contributed by atoms with E-state index in [1.54, 1.807) is 7.11 Å². The van der Waals surface area contributed by atoms with Gasteiger partial charge in [-0.15, -0.1) is 0 Å². The van der Waals surface area contributed by atoms with Gasteiger partial charge in [-0.1, -0.05) is 0 Å². The summed E-state index contributed by atoms with van der Waals surface area (Å²) in [7, 11) is 1.74. The number of guanidine groups is 1. The van der Waals surface area contributed by atoms with Crippen LogP contribution in [0.25, 0.3) is 0 Å². The molecule has 0 saturated carbocycles. The molecule has 29 heavy (non-hydrogen) atoms. The molecule has 7 nitrogen and oxygen atoms in total. The second-order valence-electron chi connectivity index (χ2n) is 7.79. The van der Waals surface area contributed by atoms with Crippen molar-refractivity contribution in [1.29, 1.82) is 0 Å². The van der Waals surface area contributed by atoms with Crippen LogP contribution in [0.3, 0.4) is 0 Å². The van der Waals surface area contributed by atoms with E-state index in [1.807, 2.05) is 6.20 Å². The summed E-state index contributed by atoms with van der Waals surface area (Å²) in [6, 6.07) is 4.27. The van der Waals surface area contributed by atoms with Gasteiger partial charge in [-0.2, -0.15) is 0 Å². The zero-order chi connectivity index (χ0) is 20.3. The molecule has 0 unspecified atom stereocenters. The summed E-state index contributed by atoms with van der Waals surface area (Å²) in [4.78, 5) is 14.2. The van der Waals surface area contributed by atoms with Crippen LogP contribution in [0.15, 0.2) is 23.3 Å². The Morgan fingerprint density at radius 3 is 2.72 bits per heavy atom. The minimum Gasteiger partial charge on any atom is -0.385 e. The van der Waals surface area contributed by atoms with Crippen LogP contribution in [0, 0.1) is 0 Å². The van der Waals surface area contributed by atoms with Gasteiger partial charge in [-0.3, -0.25) is 0 Å². The van der Waals surface area contributed by atoms with Crippen molar-refractivity contribution in [2.45, 2.75) is 51.7 Å². The van der Waals surface area contributed by atoms with E-state index in [0.29, 0.717) is 12.6 Å². The zero-order valence-corrected chi connectivity index (χ0v) is 18.1. The first-order valence-electron chi connectivity index (χ1n) is 11.1. The third-order valence-electron chi connectivity index (χ3n) is 5.57. The predicted octanol–water partition coefficient (Wildman–Crippen LogP) is 2.66. The summed E-state index contributed by atoms with van der Waals surface area (Å²) in [6.45, 7) is 9.43. The standard InChI is InChI=1S/C22H37N5O2/c1-3-23-22(27-13-8-20(9-14-27)29-16-6-15-28-2)25-18-19-7-10-24-21(17-19)26-11-4-5-12-26/h7,10,17,20H,3-6,8-9,11-16,18H2,1-2H3,(H,23,25). The Morgan fingerprint density at radius 1 is 1.21 bits per heavy atom. The molecule has 1 N–H and O–H groups in total. The van der Waals surface area contributed by atoms with E-state index in [9.17, 15) is 0 Å². The van der Waals surface area contributed by atoms with Crippen LogP contribution in [0.4, 0.5) is 5.82 Å². The SMILES string of the molecule is CCNC(=NCc1ccnc(N2CCCC2)c1)N1CCC(OCCCOC)CC1. The molecule has 162 valence electrons. The summed E-state index contributed by atoms with van der Waals surface area (Å²) in [5, 5.41) is 3.46. The molecule has 1 aromatic rings. The first-order valence-corrected chi connectivity index (χ1v) is 11.1. The van der Waals surface area contributed by atoms with E-state index in [1.165, 1.54) is 18.4 Å². The maximum Gasteiger partial charge on any atom is 0.194 e. The summed E-state index contributed by atoms with van der Waals surface area (Å²) in [5.74, 6) is 2.09. The van der Waals surface area contributed by atoms with Crippen LogP contribution < -0.4 is 10.2 Å². The first-order chi connectivity index (χ1) is 14.3. The van der Waals surface area contributed by atoms with Gasteiger partial charge >= 0.3 is 0 Å². The van der Waals surface area contributed by atoms with Gasteiger partial charge in [0, 0.05) is 59.2 Å². The van der Waals surface area contributed by atoms with Crippen LogP contribution in [0.5, 0.6) is 0 Å². The van der Waals surface area contributed by atoms with Crippen molar-refractivity contribution in [2.24, 2.45) is 4.99 Å². The van der Waals surface area contributed by atoms with Crippen molar-refractivity contribution >= 4 is 11.8 Å². The van der Waals surface area contributed by atoms with Gasteiger partial charge in [-0.05, 0) is 56.7 Å². The number of hydrogen-bond acceptors (Lipinski definition) is 5. The molecule has 1 aromatic heterocycles. The quantitative estimate of drug-likeness (QED) is 0.389. The van der Waals surface area contributed by atoms with Gasteiger partial charge in [-0.25, -0.2) is 9.98 Å². The van der Waals surface area contributed by atoms with Crippen LogP contribution >= 0.6 is 0 Å². The van der Waals surface area contributed by atoms with Gasteiger partial charge in [0.15, 0.2) is 5.96 Å². The normalized spacial score (nSPS) is 18.5. The molecule has 0 aliphatic carbocycles. The number of hydrogen-bond donors (Lipinski definition) is 1. The van der Waals surface area contributed by atoms with Gasteiger partial charge < -0.3 is 24.6 Å². The predicted molar refractivity (Wildman–Crippen MR) is 118 cm³/mol. The molecule has 0 radical (unpaired) electrons. The van der Waals surface area contributed by atoms with E-state index in [2.05, 4.69) is 39.2 Å². The van der Waals surface area contributed by atoms with Gasteiger partial charge in [0.2, 0.25) is 0 Å². The lowest BCUT2D eigenvalue weighted by Gasteiger charge is -2.34. The van der Waals surface area contributed by atoms with Crippen molar-refractivity contribution in [3.63, 3.8) is 0 Å². The number of aliphatic imine (C=N–C) groups is 1. The lowest BCUT2D eigenvalue weighted by Crippen LogP contribution is -2.47. The minimum atomic E-state index is 0.356. The molecule has 7 heteroatoms. The third kappa shape index (κ3) is 6.85. The number of methoxy groups -OCH3 is 1. The molecule has 0 amide bonds. The van der Waals surface area contributed by atoms with Crippen molar-refractivity contribution < 1.29 is 9.47 Å². The fourth-order valence-electron chi connectivity index (χ4n) is 3.96. The number of pyridine rings is 1. The van der Waals surface area contributed by atoms with Crippen molar-refractivity contribution in [1.82, 2.24) is 15.2 Å². The molecule has 3 rings (SSSR count). The molecule has 0 aromatic carbocycles. The molecule has 3 heterocycles. The molecular weight excluding hydrogens is 366 g/mol. The number of ether oxygens (including phenoxy) is 2. The van der Waals surface area contributed by atoms with E-state index < -0.39 is 0 Å². The van der Waals surface area contributed by atoms with Crippen molar-refractivity contribution in [3.8, 4) is 0 Å². The number of rotatable bonds is 9. The Hall–Kier alpha value is -1.86. The fraction of sp³-hybridized carbons (Fsp3) is 0.727. The molecule has 2 fully saturated rings. The summed E-state index contributed by atoms with van der Waals surface area (Å²) >= 11 is 0. The summed E-state index contributed by atoms with van der Waals surface area (Å²) in [5.41, 5.74) is 1.22. The number of aromatic nitrogens is 1. The second-order valence-corrected chi connectivity index (χ2v) is 7.79. The van der Waals surface area contributed by atoms with Crippen molar-refractivity contribution in [2.75, 3.05) is 57.9 Å². The number of piperidine rings is 1. The molecule has 0 bridgehead atoms. The second kappa shape index (κ2) is 12.0. The highest BCUT2D eigenvalue weighted by Gasteiger charge is 2.22. The molecule has 0 spiro atoms. The number of likely N-dealkylation sites (tertiary alicyclic amines) is 1. The fourth-order valence-corrected chi connectivity index (χ4v) is 3.96. The summed E-state index contributed by atoms with van der Waals surface area (Å²) < 4.78 is 11.1. The molecule has 0 atom stereocenters. The van der Waals surface area contributed by atoms with Gasteiger partial charge in [0.25, 0.3) is 0 Å². The maximum atomic E-state index is 5.99. The van der Waals surface area contributed by atoms with Crippen LogP contribution in [0.1, 0.15) is 44.6 Å². The van der Waals surface area contributed by atoms with Crippen molar-refractivity contribution in [3.05, 3.63) is 23.9 Å². The Morgan fingerprint density at radius 2 is 2.00 bits per heavy atom. The lowest BCUT2D eigenvalue weighted by atomic mass is 10.1. The Bertz CT molecular complexity index is 625. The molecule has 2 aliphatic heterocycles. The third-order valence-corrected chi connectivity index (χ3v) is 5.57. The average Bonchev–Trinajstić information content (AvgIpc) is 3.30. The van der Waals surface area contributed by atoms with Crippen LogP contribution in [0.2, 0.25) is 0 Å². The van der Waals surface area contributed by atoms with E-state index in [4.69, 9.17) is 14.5 Å². The Kier molecular flexibility index (Phi) is 9.02. The summed E-state index contributed by atoms with van der Waals surface area (Å²) in [6.07, 6.45) is 7.86. The van der Waals surface area contributed by atoms with E-state index in [-0.39, 0.29) is 0 Å². The van der Waals surface area contributed by atoms with E-state index in [0.717, 1.165) is 77.0 Å². The maximum absolute atomic E-state index is 5.99. The molecular formula is C22H37N5O2. The Labute approximate surface area is 175 Å². The topological polar surface area (TPSA) is 62.2 Å². The number of nitrogens with one attached hydrogen (secondary N) is 1. The number of anilines is 1. The first kappa shape index (κ1) is 21.8. The van der Waals surface area contributed by atoms with Gasteiger partial charge in [0.1, 0.15) is 5.82 Å². The van der Waals surface area contributed by atoms with E-state index >= 15 is 0 Å². The highest BCUT2D eigenvalue weighted by Crippen LogP contribution is 2.19. The highest BCUT2D eigenvalue weighted by atomic mass is 16.5. The van der Waals surface area contributed by atoms with Crippen LogP contribution in [-0.2, 0) is 16.0 Å². The average molecular weight is 404 g/mol. The minimum absolute atomic E-state index is 0.356. The lowest BCUT2D eigenvalue weighted by molar-refractivity contribution is 0.00990. The highest BCUT2D eigenvalue weighted by molar-refractivity contribution is 5.80. The zero-order valence-electron chi connectivity index (χ0n) is 18.1. The smallest absolute Gasteiger partial charge is 0.194 e.